The third-order valence-electron chi connectivity index (χ3n) is 5.72. The van der Waals surface area contributed by atoms with Crippen molar-refractivity contribution in [1.29, 1.82) is 0 Å². The Labute approximate surface area is 224 Å². The largest absolute Gasteiger partial charge is 0.462 e. The molecule has 0 atom stereocenters. The molecule has 37 heavy (non-hydrogen) atoms. The van der Waals surface area contributed by atoms with Crippen molar-refractivity contribution in [2.24, 2.45) is 5.92 Å². The van der Waals surface area contributed by atoms with Crippen molar-refractivity contribution in [3.8, 4) is 23.1 Å². The molecule has 0 bridgehead atoms. The van der Waals surface area contributed by atoms with Gasteiger partial charge >= 0.3 is 6.01 Å². The fourth-order valence-electron chi connectivity index (χ4n) is 3.91. The molecule has 0 saturated heterocycles. The highest BCUT2D eigenvalue weighted by Crippen LogP contribution is 2.30. The Hall–Kier alpha value is -3.87. The number of rotatable bonds is 7. The van der Waals surface area contributed by atoms with Gasteiger partial charge in [-0.25, -0.2) is 4.68 Å². The lowest BCUT2D eigenvalue weighted by molar-refractivity contribution is 0.102. The average Bonchev–Trinajstić information content (AvgIpc) is 3.33. The molecule has 0 aliphatic rings. The Morgan fingerprint density at radius 3 is 2.46 bits per heavy atom. The van der Waals surface area contributed by atoms with Gasteiger partial charge in [0.25, 0.3) is 5.91 Å². The zero-order valence-electron chi connectivity index (χ0n) is 20.3. The van der Waals surface area contributed by atoms with Crippen molar-refractivity contribution in [3.05, 3.63) is 101 Å². The van der Waals surface area contributed by atoms with Gasteiger partial charge in [-0.05, 0) is 65.2 Å². The van der Waals surface area contributed by atoms with Crippen LogP contribution in [0.1, 0.15) is 24.2 Å². The molecule has 1 aromatic heterocycles. The molecule has 4 aromatic carbocycles. The van der Waals surface area contributed by atoms with Gasteiger partial charge in [-0.2, -0.15) is 4.98 Å². The van der Waals surface area contributed by atoms with Gasteiger partial charge < -0.3 is 10.1 Å². The van der Waals surface area contributed by atoms with Crippen LogP contribution in [0.2, 0.25) is 10.0 Å². The molecule has 1 amide bonds. The fourth-order valence-corrected chi connectivity index (χ4v) is 4.20. The standard InChI is InChI=1S/C29H24Cl2N4O2/c1-18(2)17-37-29-33-27(20-10-15-25(30)26(31)16-20)35(34-29)22-13-11-21(12-14-22)32-28(36)24-9-5-7-19-6-3-4-8-23(19)24/h3-16,18H,17H2,1-2H3,(H,32,36). The van der Waals surface area contributed by atoms with Crippen molar-refractivity contribution in [2.45, 2.75) is 13.8 Å². The molecule has 1 heterocycles. The van der Waals surface area contributed by atoms with E-state index < -0.39 is 0 Å². The normalized spacial score (nSPS) is 11.2. The minimum absolute atomic E-state index is 0.175. The first-order valence-electron chi connectivity index (χ1n) is 11.8. The van der Waals surface area contributed by atoms with Gasteiger partial charge in [0, 0.05) is 16.8 Å². The van der Waals surface area contributed by atoms with Gasteiger partial charge in [-0.3, -0.25) is 4.79 Å². The summed E-state index contributed by atoms with van der Waals surface area (Å²) < 4.78 is 7.47. The van der Waals surface area contributed by atoms with E-state index in [-0.39, 0.29) is 11.9 Å². The van der Waals surface area contributed by atoms with Gasteiger partial charge in [-0.1, -0.05) is 73.4 Å². The third-order valence-corrected chi connectivity index (χ3v) is 6.45. The summed E-state index contributed by atoms with van der Waals surface area (Å²) in [6.07, 6.45) is 0. The number of aromatic nitrogens is 3. The molecule has 186 valence electrons. The molecular formula is C29H24Cl2N4O2. The van der Waals surface area contributed by atoms with Crippen LogP contribution in [0.15, 0.2) is 84.9 Å². The van der Waals surface area contributed by atoms with E-state index >= 15 is 0 Å². The monoisotopic (exact) mass is 530 g/mol. The van der Waals surface area contributed by atoms with Crippen LogP contribution in [-0.4, -0.2) is 27.3 Å². The predicted octanol–water partition coefficient (Wildman–Crippen LogP) is 7.68. The molecule has 0 aliphatic heterocycles. The predicted molar refractivity (Wildman–Crippen MR) is 149 cm³/mol. The summed E-state index contributed by atoms with van der Waals surface area (Å²) in [5.41, 5.74) is 2.77. The highest BCUT2D eigenvalue weighted by atomic mass is 35.5. The summed E-state index contributed by atoms with van der Waals surface area (Å²) in [6, 6.07) is 26.5. The number of carbonyl (C=O) groups is 1. The number of hydrogen-bond acceptors (Lipinski definition) is 4. The second kappa shape index (κ2) is 10.6. The van der Waals surface area contributed by atoms with Crippen LogP contribution < -0.4 is 10.1 Å². The zero-order valence-corrected chi connectivity index (χ0v) is 21.8. The van der Waals surface area contributed by atoms with E-state index in [9.17, 15) is 4.79 Å². The smallest absolute Gasteiger partial charge is 0.336 e. The lowest BCUT2D eigenvalue weighted by Crippen LogP contribution is -2.12. The third kappa shape index (κ3) is 5.45. The quantitative estimate of drug-likeness (QED) is 0.234. The summed E-state index contributed by atoms with van der Waals surface area (Å²) in [5, 5.41) is 10.4. The lowest BCUT2D eigenvalue weighted by atomic mass is 10.0. The summed E-state index contributed by atoms with van der Waals surface area (Å²) in [4.78, 5) is 17.6. The van der Waals surface area contributed by atoms with E-state index in [0.717, 1.165) is 22.0 Å². The fraction of sp³-hybridized carbons (Fsp3) is 0.138. The minimum atomic E-state index is -0.175. The molecule has 0 saturated carbocycles. The van der Waals surface area contributed by atoms with Gasteiger partial charge in [0.15, 0.2) is 5.82 Å². The molecule has 6 nitrogen and oxygen atoms in total. The van der Waals surface area contributed by atoms with E-state index in [0.29, 0.717) is 39.6 Å². The van der Waals surface area contributed by atoms with Crippen LogP contribution in [0.5, 0.6) is 6.01 Å². The first kappa shape index (κ1) is 24.8. The highest BCUT2D eigenvalue weighted by Gasteiger charge is 2.17. The van der Waals surface area contributed by atoms with Crippen molar-refractivity contribution < 1.29 is 9.53 Å². The summed E-state index contributed by atoms with van der Waals surface area (Å²) >= 11 is 12.4. The molecular weight excluding hydrogens is 507 g/mol. The summed E-state index contributed by atoms with van der Waals surface area (Å²) in [6.45, 7) is 4.61. The number of nitrogens with one attached hydrogen (secondary N) is 1. The Bertz CT molecular complexity index is 1570. The number of anilines is 1. The van der Waals surface area contributed by atoms with E-state index in [1.165, 1.54) is 0 Å². The maximum Gasteiger partial charge on any atom is 0.336 e. The zero-order chi connectivity index (χ0) is 25.9. The second-order valence-electron chi connectivity index (χ2n) is 8.99. The number of halogens is 2. The molecule has 0 radical (unpaired) electrons. The second-order valence-corrected chi connectivity index (χ2v) is 9.81. The molecule has 5 aromatic rings. The average molecular weight is 531 g/mol. The van der Waals surface area contributed by atoms with Crippen molar-refractivity contribution in [3.63, 3.8) is 0 Å². The van der Waals surface area contributed by atoms with E-state index in [1.54, 1.807) is 16.8 Å². The summed E-state index contributed by atoms with van der Waals surface area (Å²) in [5.74, 6) is 0.709. The maximum atomic E-state index is 13.0. The number of amides is 1. The first-order chi connectivity index (χ1) is 17.9. The van der Waals surface area contributed by atoms with E-state index in [1.807, 2.05) is 72.8 Å². The topological polar surface area (TPSA) is 69.0 Å². The first-order valence-corrected chi connectivity index (χ1v) is 12.6. The van der Waals surface area contributed by atoms with Crippen LogP contribution in [0.3, 0.4) is 0 Å². The molecule has 0 aliphatic carbocycles. The molecule has 0 fully saturated rings. The molecule has 0 spiro atoms. The minimum Gasteiger partial charge on any atom is -0.462 e. The Morgan fingerprint density at radius 1 is 0.946 bits per heavy atom. The Kier molecular flexibility index (Phi) is 7.12. The highest BCUT2D eigenvalue weighted by molar-refractivity contribution is 6.42. The van der Waals surface area contributed by atoms with Gasteiger partial charge in [0.1, 0.15) is 0 Å². The number of hydrogen-bond donors (Lipinski definition) is 1. The van der Waals surface area contributed by atoms with E-state index in [2.05, 4.69) is 29.2 Å². The van der Waals surface area contributed by atoms with Crippen LogP contribution in [0.25, 0.3) is 27.8 Å². The molecule has 5 rings (SSSR count). The maximum absolute atomic E-state index is 13.0. The van der Waals surface area contributed by atoms with Crippen LogP contribution >= 0.6 is 23.2 Å². The number of fused-ring (bicyclic) bond motifs is 1. The molecule has 0 unspecified atom stereocenters. The van der Waals surface area contributed by atoms with Crippen molar-refractivity contribution in [2.75, 3.05) is 11.9 Å². The Balaban J connectivity index is 1.44. The van der Waals surface area contributed by atoms with Crippen molar-refractivity contribution >= 4 is 45.6 Å². The van der Waals surface area contributed by atoms with E-state index in [4.69, 9.17) is 27.9 Å². The van der Waals surface area contributed by atoms with Gasteiger partial charge in [0.2, 0.25) is 0 Å². The van der Waals surface area contributed by atoms with Gasteiger partial charge in [-0.15, -0.1) is 5.10 Å². The van der Waals surface area contributed by atoms with Crippen LogP contribution in [-0.2, 0) is 0 Å². The lowest BCUT2D eigenvalue weighted by Gasteiger charge is -2.10. The van der Waals surface area contributed by atoms with Crippen LogP contribution in [0, 0.1) is 5.92 Å². The molecule has 8 heteroatoms. The van der Waals surface area contributed by atoms with Crippen molar-refractivity contribution in [1.82, 2.24) is 14.8 Å². The van der Waals surface area contributed by atoms with Gasteiger partial charge in [0.05, 0.1) is 22.3 Å². The number of benzene rings is 4. The number of carbonyl (C=O) groups excluding carboxylic acids is 1. The SMILES string of the molecule is CC(C)COc1nc(-c2ccc(Cl)c(Cl)c2)n(-c2ccc(NC(=O)c3cccc4ccccc34)cc2)n1. The Morgan fingerprint density at radius 2 is 1.70 bits per heavy atom. The molecule has 1 N–H and O–H groups in total. The number of ether oxygens (including phenoxy) is 1. The number of nitrogens with zero attached hydrogens (tertiary/aromatic N) is 3. The van der Waals surface area contributed by atoms with Crippen LogP contribution in [0.4, 0.5) is 5.69 Å². The summed E-state index contributed by atoms with van der Waals surface area (Å²) in [7, 11) is 0.